The highest BCUT2D eigenvalue weighted by Gasteiger charge is 2.32. The van der Waals surface area contributed by atoms with Gasteiger partial charge in [0.25, 0.3) is 0 Å². The molecule has 0 heterocycles. The van der Waals surface area contributed by atoms with Gasteiger partial charge >= 0.3 is 8.56 Å². The van der Waals surface area contributed by atoms with Crippen LogP contribution in [0.5, 0.6) is 0 Å². The summed E-state index contributed by atoms with van der Waals surface area (Å²) in [5.74, 6) is 1.03. The Morgan fingerprint density at radius 1 is 1.29 bits per heavy atom. The van der Waals surface area contributed by atoms with E-state index in [2.05, 4.69) is 40.8 Å². The van der Waals surface area contributed by atoms with Gasteiger partial charge in [0.2, 0.25) is 0 Å². The molecular formula is C11H24O2Si. The second-order valence-electron chi connectivity index (χ2n) is 4.82. The zero-order valence-corrected chi connectivity index (χ0v) is 11.6. The molecule has 2 nitrogen and oxygen atoms in total. The minimum absolute atomic E-state index is 0.123. The molecule has 0 rings (SSSR count). The van der Waals surface area contributed by atoms with Crippen molar-refractivity contribution in [3.8, 4) is 0 Å². The van der Waals surface area contributed by atoms with Gasteiger partial charge in [-0.2, -0.15) is 0 Å². The molecule has 0 saturated carbocycles. The summed E-state index contributed by atoms with van der Waals surface area (Å²) in [7, 11) is -2.01. The highest BCUT2D eigenvalue weighted by atomic mass is 28.4. The van der Waals surface area contributed by atoms with Crippen LogP contribution in [-0.4, -0.2) is 14.2 Å². The van der Waals surface area contributed by atoms with Crippen LogP contribution in [0.4, 0.5) is 0 Å². The zero-order valence-electron chi connectivity index (χ0n) is 10.6. The topological polar surface area (TPSA) is 18.5 Å². The fourth-order valence-electron chi connectivity index (χ4n) is 1.41. The molecule has 84 valence electrons. The molecule has 3 heteroatoms. The molecule has 0 radical (unpaired) electrons. The first-order valence-electron chi connectivity index (χ1n) is 5.24. The normalized spacial score (nSPS) is 14.4. The molecule has 0 aliphatic carbocycles. The van der Waals surface area contributed by atoms with E-state index in [1.165, 1.54) is 0 Å². The van der Waals surface area contributed by atoms with Gasteiger partial charge in [-0.05, 0) is 40.8 Å². The summed E-state index contributed by atoms with van der Waals surface area (Å²) in [6.45, 7) is 14.4. The molecule has 0 aromatic rings. The molecule has 0 unspecified atom stereocenters. The summed E-state index contributed by atoms with van der Waals surface area (Å²) in [4.78, 5) is 0. The van der Waals surface area contributed by atoms with Crippen molar-refractivity contribution < 1.29 is 8.85 Å². The lowest BCUT2D eigenvalue weighted by atomic mass is 10.2. The Hall–Kier alpha value is -0.283. The monoisotopic (exact) mass is 216 g/mol. The molecule has 0 atom stereocenters. The number of allylic oxidation sites excluding steroid dienone is 2. The quantitative estimate of drug-likeness (QED) is 0.525. The van der Waals surface area contributed by atoms with Crippen molar-refractivity contribution in [2.24, 2.45) is 0 Å². The Bertz CT molecular complexity index is 202. The van der Waals surface area contributed by atoms with Crippen LogP contribution in [0.1, 0.15) is 41.0 Å². The fourth-order valence-corrected chi connectivity index (χ4v) is 3.82. The SMILES string of the molecule is C/C=C(\CC)O[Si](C)(C)OC(C)(C)C. The predicted molar refractivity (Wildman–Crippen MR) is 63.5 cm³/mol. The smallest absolute Gasteiger partial charge is 0.392 e. The standard InChI is InChI=1S/C11H24O2Si/c1-8-10(9-2)12-14(6,7)13-11(3,4)5/h8H,9H2,1-7H3/b10-8+. The maximum atomic E-state index is 5.94. The van der Waals surface area contributed by atoms with Crippen molar-refractivity contribution in [2.75, 3.05) is 0 Å². The molecule has 0 aromatic heterocycles. The molecular weight excluding hydrogens is 192 g/mol. The Morgan fingerprint density at radius 3 is 2.07 bits per heavy atom. The Balaban J connectivity index is 4.34. The zero-order chi connectivity index (χ0) is 11.4. The Kier molecular flexibility index (Phi) is 4.88. The van der Waals surface area contributed by atoms with E-state index in [0.29, 0.717) is 0 Å². The maximum Gasteiger partial charge on any atom is 0.392 e. The fraction of sp³-hybridized carbons (Fsp3) is 0.818. The molecule has 0 saturated heterocycles. The van der Waals surface area contributed by atoms with Crippen molar-refractivity contribution in [1.82, 2.24) is 0 Å². The van der Waals surface area contributed by atoms with E-state index in [1.807, 2.05) is 13.0 Å². The summed E-state index contributed by atoms with van der Waals surface area (Å²) >= 11 is 0. The van der Waals surface area contributed by atoms with Gasteiger partial charge in [0.05, 0.1) is 11.4 Å². The van der Waals surface area contributed by atoms with Gasteiger partial charge in [-0.3, -0.25) is 0 Å². The lowest BCUT2D eigenvalue weighted by Gasteiger charge is -2.32. The first kappa shape index (κ1) is 13.7. The van der Waals surface area contributed by atoms with Gasteiger partial charge in [-0.1, -0.05) is 13.0 Å². The third-order valence-electron chi connectivity index (χ3n) is 1.60. The Morgan fingerprint density at radius 2 is 1.79 bits per heavy atom. The van der Waals surface area contributed by atoms with Crippen LogP contribution in [0, 0.1) is 0 Å². The Labute approximate surface area is 89.6 Å². The lowest BCUT2D eigenvalue weighted by Crippen LogP contribution is -2.41. The maximum absolute atomic E-state index is 5.94. The third kappa shape index (κ3) is 6.21. The van der Waals surface area contributed by atoms with Crippen molar-refractivity contribution in [1.29, 1.82) is 0 Å². The van der Waals surface area contributed by atoms with Gasteiger partial charge in [0.1, 0.15) is 0 Å². The van der Waals surface area contributed by atoms with Crippen LogP contribution in [0.25, 0.3) is 0 Å². The molecule has 0 aromatic carbocycles. The molecule has 0 aliphatic rings. The minimum atomic E-state index is -2.01. The van der Waals surface area contributed by atoms with Crippen molar-refractivity contribution in [2.45, 2.75) is 59.7 Å². The molecule has 0 N–H and O–H groups in total. The number of hydrogen-bond donors (Lipinski definition) is 0. The van der Waals surface area contributed by atoms with Crippen LogP contribution in [0.2, 0.25) is 13.1 Å². The summed E-state index contributed by atoms with van der Waals surface area (Å²) in [5, 5.41) is 0. The van der Waals surface area contributed by atoms with Crippen molar-refractivity contribution >= 4 is 8.56 Å². The van der Waals surface area contributed by atoms with E-state index in [0.717, 1.165) is 12.2 Å². The average molecular weight is 216 g/mol. The second kappa shape index (κ2) is 4.98. The van der Waals surface area contributed by atoms with Gasteiger partial charge < -0.3 is 8.85 Å². The van der Waals surface area contributed by atoms with Crippen LogP contribution in [0.3, 0.4) is 0 Å². The molecule has 0 bridgehead atoms. The number of hydrogen-bond acceptors (Lipinski definition) is 2. The summed E-state index contributed by atoms with van der Waals surface area (Å²) < 4.78 is 11.8. The van der Waals surface area contributed by atoms with Crippen LogP contribution in [-0.2, 0) is 8.85 Å². The largest absolute Gasteiger partial charge is 0.524 e. The van der Waals surface area contributed by atoms with Gasteiger partial charge in [-0.25, -0.2) is 0 Å². The molecule has 0 spiro atoms. The number of rotatable bonds is 4. The van der Waals surface area contributed by atoms with E-state index in [1.54, 1.807) is 0 Å². The van der Waals surface area contributed by atoms with Gasteiger partial charge in [0, 0.05) is 6.42 Å². The minimum Gasteiger partial charge on any atom is -0.524 e. The van der Waals surface area contributed by atoms with Gasteiger partial charge in [0.15, 0.2) is 0 Å². The summed E-state index contributed by atoms with van der Waals surface area (Å²) in [6, 6.07) is 0. The predicted octanol–water partition coefficient (Wildman–Crippen LogP) is 3.83. The van der Waals surface area contributed by atoms with E-state index in [4.69, 9.17) is 8.85 Å². The summed E-state index contributed by atoms with van der Waals surface area (Å²) in [5.41, 5.74) is -0.123. The van der Waals surface area contributed by atoms with Gasteiger partial charge in [-0.15, -0.1) is 0 Å². The first-order valence-corrected chi connectivity index (χ1v) is 8.06. The van der Waals surface area contributed by atoms with Crippen LogP contribution in [0.15, 0.2) is 11.8 Å². The van der Waals surface area contributed by atoms with Crippen LogP contribution < -0.4 is 0 Å². The molecule has 0 aliphatic heterocycles. The first-order chi connectivity index (χ1) is 6.20. The summed E-state index contributed by atoms with van der Waals surface area (Å²) in [6.07, 6.45) is 2.95. The van der Waals surface area contributed by atoms with E-state index in [-0.39, 0.29) is 5.60 Å². The highest BCUT2D eigenvalue weighted by Crippen LogP contribution is 2.21. The average Bonchev–Trinajstić information content (AvgIpc) is 1.95. The molecule has 0 fully saturated rings. The molecule has 0 amide bonds. The molecule has 14 heavy (non-hydrogen) atoms. The van der Waals surface area contributed by atoms with Crippen molar-refractivity contribution in [3.63, 3.8) is 0 Å². The second-order valence-corrected chi connectivity index (χ2v) is 8.03. The van der Waals surface area contributed by atoms with E-state index >= 15 is 0 Å². The third-order valence-corrected chi connectivity index (χ3v) is 3.46. The van der Waals surface area contributed by atoms with E-state index in [9.17, 15) is 0 Å². The highest BCUT2D eigenvalue weighted by molar-refractivity contribution is 6.64. The van der Waals surface area contributed by atoms with Crippen LogP contribution >= 0.6 is 0 Å². The lowest BCUT2D eigenvalue weighted by molar-refractivity contribution is 0.0815. The van der Waals surface area contributed by atoms with E-state index < -0.39 is 8.56 Å². The van der Waals surface area contributed by atoms with Crippen molar-refractivity contribution in [3.05, 3.63) is 11.8 Å².